The number of esters is 1. The molecular formula is C19H19F2NO4. The Morgan fingerprint density at radius 3 is 2.23 bits per heavy atom. The Balaban J connectivity index is 1.87. The number of carbonyl (C=O) groups is 2. The molecule has 7 heteroatoms. The van der Waals surface area contributed by atoms with E-state index in [1.165, 1.54) is 6.07 Å². The number of rotatable bonds is 7. The SMILES string of the molecule is CC(C)OCc1ccc(C(=O)OCC(=O)Nc2c(F)cccc2F)cc1. The van der Waals surface area contributed by atoms with E-state index >= 15 is 0 Å². The Kier molecular flexibility index (Phi) is 6.80. The third kappa shape index (κ3) is 5.63. The van der Waals surface area contributed by atoms with E-state index in [-0.39, 0.29) is 11.7 Å². The molecule has 0 aromatic heterocycles. The number of halogens is 2. The van der Waals surface area contributed by atoms with Crippen molar-refractivity contribution in [1.29, 1.82) is 0 Å². The van der Waals surface area contributed by atoms with Crippen molar-refractivity contribution >= 4 is 17.6 Å². The van der Waals surface area contributed by atoms with Gasteiger partial charge in [0.15, 0.2) is 6.61 Å². The maximum Gasteiger partial charge on any atom is 0.338 e. The van der Waals surface area contributed by atoms with Gasteiger partial charge < -0.3 is 14.8 Å². The summed E-state index contributed by atoms with van der Waals surface area (Å²) in [4.78, 5) is 23.6. The summed E-state index contributed by atoms with van der Waals surface area (Å²) >= 11 is 0. The van der Waals surface area contributed by atoms with Gasteiger partial charge in [0, 0.05) is 0 Å². The maximum atomic E-state index is 13.5. The molecule has 2 aromatic carbocycles. The third-order valence-electron chi connectivity index (χ3n) is 3.33. The molecule has 0 aliphatic heterocycles. The van der Waals surface area contributed by atoms with Crippen LogP contribution in [0.3, 0.4) is 0 Å². The molecule has 0 aliphatic carbocycles. The summed E-state index contributed by atoms with van der Waals surface area (Å²) in [5.74, 6) is -3.39. The standard InChI is InChI=1S/C19H19F2NO4/c1-12(2)25-10-13-6-8-14(9-7-13)19(24)26-11-17(23)22-18-15(20)4-3-5-16(18)21/h3-9,12H,10-11H2,1-2H3,(H,22,23). The molecule has 2 rings (SSSR count). The van der Waals surface area contributed by atoms with Gasteiger partial charge in [-0.25, -0.2) is 13.6 Å². The Bertz CT molecular complexity index is 755. The molecule has 0 unspecified atom stereocenters. The zero-order valence-electron chi connectivity index (χ0n) is 14.4. The van der Waals surface area contributed by atoms with Gasteiger partial charge in [-0.1, -0.05) is 18.2 Å². The molecule has 0 aliphatic rings. The van der Waals surface area contributed by atoms with Crippen molar-refractivity contribution < 1.29 is 27.8 Å². The van der Waals surface area contributed by atoms with Gasteiger partial charge >= 0.3 is 5.97 Å². The van der Waals surface area contributed by atoms with E-state index in [0.29, 0.717) is 6.61 Å². The average Bonchev–Trinajstić information content (AvgIpc) is 2.61. The van der Waals surface area contributed by atoms with E-state index in [1.807, 2.05) is 19.2 Å². The lowest BCUT2D eigenvalue weighted by atomic mass is 10.1. The summed E-state index contributed by atoms with van der Waals surface area (Å²) in [6, 6.07) is 9.73. The molecule has 0 radical (unpaired) electrons. The first kappa shape index (κ1) is 19.5. The molecule has 5 nitrogen and oxygen atoms in total. The van der Waals surface area contributed by atoms with Gasteiger partial charge in [-0.15, -0.1) is 0 Å². The number of amides is 1. The Morgan fingerprint density at radius 2 is 1.65 bits per heavy atom. The molecule has 0 spiro atoms. The van der Waals surface area contributed by atoms with E-state index in [2.05, 4.69) is 0 Å². The molecule has 0 heterocycles. The van der Waals surface area contributed by atoms with Crippen molar-refractivity contribution in [1.82, 2.24) is 0 Å². The van der Waals surface area contributed by atoms with Gasteiger partial charge in [0.25, 0.3) is 5.91 Å². The minimum Gasteiger partial charge on any atom is -0.452 e. The van der Waals surface area contributed by atoms with E-state index in [1.54, 1.807) is 24.3 Å². The van der Waals surface area contributed by atoms with Crippen molar-refractivity contribution in [2.45, 2.75) is 26.6 Å². The molecule has 0 saturated heterocycles. The van der Waals surface area contributed by atoms with Crippen molar-refractivity contribution in [2.24, 2.45) is 0 Å². The van der Waals surface area contributed by atoms with Crippen LogP contribution in [0.25, 0.3) is 0 Å². The molecule has 2 aromatic rings. The summed E-state index contributed by atoms with van der Waals surface area (Å²) in [7, 11) is 0. The fourth-order valence-corrected chi connectivity index (χ4v) is 2.01. The molecular weight excluding hydrogens is 344 g/mol. The summed E-state index contributed by atoms with van der Waals surface area (Å²) in [6.07, 6.45) is 0.0949. The molecule has 0 saturated carbocycles. The first-order valence-electron chi connectivity index (χ1n) is 7.98. The van der Waals surface area contributed by atoms with Crippen LogP contribution in [0.2, 0.25) is 0 Å². The van der Waals surface area contributed by atoms with Gasteiger partial charge in [-0.3, -0.25) is 4.79 Å². The van der Waals surface area contributed by atoms with Gasteiger partial charge in [0.1, 0.15) is 17.3 Å². The Labute approximate surface area is 149 Å². The van der Waals surface area contributed by atoms with Gasteiger partial charge in [-0.2, -0.15) is 0 Å². The number of carbonyl (C=O) groups excluding carboxylic acids is 2. The number of para-hydroxylation sites is 1. The second-order valence-corrected chi connectivity index (χ2v) is 5.78. The predicted octanol–water partition coefficient (Wildman–Crippen LogP) is 3.69. The van der Waals surface area contributed by atoms with Crippen LogP contribution in [0, 0.1) is 11.6 Å². The minimum atomic E-state index is -0.913. The molecule has 138 valence electrons. The van der Waals surface area contributed by atoms with Gasteiger partial charge in [0.05, 0.1) is 18.3 Å². The molecule has 0 bridgehead atoms. The summed E-state index contributed by atoms with van der Waals surface area (Å²) in [5.41, 5.74) is 0.564. The number of hydrogen-bond donors (Lipinski definition) is 1. The van der Waals surface area contributed by atoms with Crippen LogP contribution in [-0.2, 0) is 20.9 Å². The highest BCUT2D eigenvalue weighted by molar-refractivity contribution is 5.95. The lowest BCUT2D eigenvalue weighted by Crippen LogP contribution is -2.22. The number of ether oxygens (including phenoxy) is 2. The lowest BCUT2D eigenvalue weighted by molar-refractivity contribution is -0.119. The van der Waals surface area contributed by atoms with Gasteiger partial charge in [0.2, 0.25) is 0 Å². The topological polar surface area (TPSA) is 64.6 Å². The highest BCUT2D eigenvalue weighted by Gasteiger charge is 2.14. The van der Waals surface area contributed by atoms with Crippen LogP contribution in [0.4, 0.5) is 14.5 Å². The monoisotopic (exact) mass is 363 g/mol. The first-order chi connectivity index (χ1) is 12.4. The van der Waals surface area contributed by atoms with Crippen molar-refractivity contribution in [2.75, 3.05) is 11.9 Å². The van der Waals surface area contributed by atoms with E-state index < -0.39 is 35.8 Å². The summed E-state index contributed by atoms with van der Waals surface area (Å²) in [5, 5.41) is 2.04. The number of hydrogen-bond acceptors (Lipinski definition) is 4. The van der Waals surface area contributed by atoms with Crippen LogP contribution in [0.1, 0.15) is 29.8 Å². The predicted molar refractivity (Wildman–Crippen MR) is 91.6 cm³/mol. The maximum absolute atomic E-state index is 13.5. The van der Waals surface area contributed by atoms with Crippen molar-refractivity contribution in [3.05, 3.63) is 65.2 Å². The van der Waals surface area contributed by atoms with Crippen molar-refractivity contribution in [3.8, 4) is 0 Å². The average molecular weight is 363 g/mol. The van der Waals surface area contributed by atoms with Crippen LogP contribution in [-0.4, -0.2) is 24.6 Å². The molecule has 0 fully saturated rings. The third-order valence-corrected chi connectivity index (χ3v) is 3.33. The normalized spacial score (nSPS) is 10.7. The number of anilines is 1. The second kappa shape index (κ2) is 9.05. The van der Waals surface area contributed by atoms with Crippen LogP contribution < -0.4 is 5.32 Å². The number of benzene rings is 2. The van der Waals surface area contributed by atoms with E-state index in [0.717, 1.165) is 17.7 Å². The zero-order chi connectivity index (χ0) is 19.1. The first-order valence-corrected chi connectivity index (χ1v) is 7.98. The van der Waals surface area contributed by atoms with Crippen LogP contribution >= 0.6 is 0 Å². The highest BCUT2D eigenvalue weighted by atomic mass is 19.1. The second-order valence-electron chi connectivity index (χ2n) is 5.78. The van der Waals surface area contributed by atoms with E-state index in [4.69, 9.17) is 9.47 Å². The molecule has 1 amide bonds. The minimum absolute atomic E-state index is 0.0949. The zero-order valence-corrected chi connectivity index (χ0v) is 14.4. The number of nitrogens with one attached hydrogen (secondary N) is 1. The van der Waals surface area contributed by atoms with Gasteiger partial charge in [-0.05, 0) is 43.7 Å². The highest BCUT2D eigenvalue weighted by Crippen LogP contribution is 2.17. The Hall–Kier alpha value is -2.80. The largest absolute Gasteiger partial charge is 0.452 e. The fourth-order valence-electron chi connectivity index (χ4n) is 2.01. The Morgan fingerprint density at radius 1 is 1.04 bits per heavy atom. The molecule has 0 atom stereocenters. The lowest BCUT2D eigenvalue weighted by Gasteiger charge is -2.09. The molecule has 1 N–H and O–H groups in total. The van der Waals surface area contributed by atoms with E-state index in [9.17, 15) is 18.4 Å². The smallest absolute Gasteiger partial charge is 0.338 e. The van der Waals surface area contributed by atoms with Crippen LogP contribution in [0.5, 0.6) is 0 Å². The summed E-state index contributed by atoms with van der Waals surface area (Å²) < 4.78 is 37.2. The molecule has 26 heavy (non-hydrogen) atoms. The van der Waals surface area contributed by atoms with Crippen molar-refractivity contribution in [3.63, 3.8) is 0 Å². The fraction of sp³-hybridized carbons (Fsp3) is 0.263. The summed E-state index contributed by atoms with van der Waals surface area (Å²) in [6.45, 7) is 3.60. The van der Waals surface area contributed by atoms with Crippen LogP contribution in [0.15, 0.2) is 42.5 Å². The quantitative estimate of drug-likeness (QED) is 0.762.